The highest BCUT2D eigenvalue weighted by molar-refractivity contribution is 6.17. The minimum Gasteiger partial charge on any atom is -0.507 e. The van der Waals surface area contributed by atoms with Gasteiger partial charge in [0.1, 0.15) is 5.75 Å². The van der Waals surface area contributed by atoms with Gasteiger partial charge in [0.05, 0.1) is 11.6 Å². The fourth-order valence-electron chi connectivity index (χ4n) is 0.920. The number of alkyl halides is 3. The molecular formula is C7H6ClF2NO2. The predicted octanol–water partition coefficient (Wildman–Crippen LogP) is 1.76. The third-order valence-corrected chi connectivity index (χ3v) is 1.78. The zero-order valence-electron chi connectivity index (χ0n) is 6.35. The van der Waals surface area contributed by atoms with Gasteiger partial charge >= 0.3 is 0 Å². The van der Waals surface area contributed by atoms with Crippen LogP contribution in [0.25, 0.3) is 0 Å². The van der Waals surface area contributed by atoms with E-state index < -0.39 is 23.4 Å². The maximum absolute atomic E-state index is 12.2. The molecule has 72 valence electrons. The van der Waals surface area contributed by atoms with Crippen LogP contribution in [0, 0.1) is 0 Å². The first-order chi connectivity index (χ1) is 6.06. The molecule has 0 aliphatic rings. The van der Waals surface area contributed by atoms with Crippen LogP contribution in [-0.4, -0.2) is 10.1 Å². The zero-order valence-corrected chi connectivity index (χ0v) is 7.11. The van der Waals surface area contributed by atoms with Crippen LogP contribution >= 0.6 is 11.6 Å². The summed E-state index contributed by atoms with van der Waals surface area (Å²) in [6, 6.07) is 0.809. The van der Waals surface area contributed by atoms with Gasteiger partial charge in [-0.3, -0.25) is 4.79 Å². The second-order valence-electron chi connectivity index (χ2n) is 2.35. The van der Waals surface area contributed by atoms with Gasteiger partial charge in [0, 0.05) is 11.6 Å². The molecule has 0 amide bonds. The van der Waals surface area contributed by atoms with Crippen molar-refractivity contribution in [3.63, 3.8) is 0 Å². The van der Waals surface area contributed by atoms with Gasteiger partial charge in [-0.2, -0.15) is 0 Å². The lowest BCUT2D eigenvalue weighted by Crippen LogP contribution is -2.10. The molecule has 0 bridgehead atoms. The number of aromatic amines is 1. The van der Waals surface area contributed by atoms with Gasteiger partial charge < -0.3 is 10.1 Å². The van der Waals surface area contributed by atoms with E-state index in [4.69, 9.17) is 16.7 Å². The number of aromatic nitrogens is 1. The minimum absolute atomic E-state index is 0.142. The molecule has 1 heterocycles. The van der Waals surface area contributed by atoms with Crippen molar-refractivity contribution in [3.05, 3.63) is 27.7 Å². The van der Waals surface area contributed by atoms with Crippen molar-refractivity contribution in [2.45, 2.75) is 12.3 Å². The van der Waals surface area contributed by atoms with E-state index in [9.17, 15) is 13.6 Å². The first-order valence-corrected chi connectivity index (χ1v) is 3.89. The fraction of sp³-hybridized carbons (Fsp3) is 0.286. The Morgan fingerprint density at radius 3 is 2.69 bits per heavy atom. The predicted molar refractivity (Wildman–Crippen MR) is 43.2 cm³/mol. The van der Waals surface area contributed by atoms with Crippen molar-refractivity contribution < 1.29 is 13.9 Å². The molecule has 2 N–H and O–H groups in total. The summed E-state index contributed by atoms with van der Waals surface area (Å²) >= 11 is 5.32. The highest BCUT2D eigenvalue weighted by Gasteiger charge is 2.16. The lowest BCUT2D eigenvalue weighted by Gasteiger charge is -2.06. The van der Waals surface area contributed by atoms with Gasteiger partial charge in [-0.05, 0) is 0 Å². The van der Waals surface area contributed by atoms with E-state index in [1.807, 2.05) is 4.98 Å². The SMILES string of the molecule is O=c1cc(O)c(CCl)c(C(F)F)[nH]1. The van der Waals surface area contributed by atoms with E-state index in [0.717, 1.165) is 6.07 Å². The van der Waals surface area contributed by atoms with Gasteiger partial charge in [-0.25, -0.2) is 8.78 Å². The number of aromatic hydroxyl groups is 1. The molecule has 0 aromatic carbocycles. The molecule has 0 fully saturated rings. The van der Waals surface area contributed by atoms with E-state index in [0.29, 0.717) is 0 Å². The molecule has 1 aromatic heterocycles. The summed E-state index contributed by atoms with van der Waals surface area (Å²) in [6.45, 7) is 0. The summed E-state index contributed by atoms with van der Waals surface area (Å²) in [7, 11) is 0. The molecule has 0 unspecified atom stereocenters. The molecule has 0 atom stereocenters. The second kappa shape index (κ2) is 3.74. The van der Waals surface area contributed by atoms with Crippen molar-refractivity contribution in [2.24, 2.45) is 0 Å². The van der Waals surface area contributed by atoms with Crippen molar-refractivity contribution in [2.75, 3.05) is 0 Å². The summed E-state index contributed by atoms with van der Waals surface area (Å²) < 4.78 is 24.5. The van der Waals surface area contributed by atoms with Gasteiger partial charge in [-0.1, -0.05) is 0 Å². The highest BCUT2D eigenvalue weighted by Crippen LogP contribution is 2.26. The van der Waals surface area contributed by atoms with Gasteiger partial charge in [0.25, 0.3) is 12.0 Å². The molecule has 0 saturated heterocycles. The monoisotopic (exact) mass is 209 g/mol. The summed E-state index contributed by atoms with van der Waals surface area (Å²) in [5.41, 5.74) is -1.54. The van der Waals surface area contributed by atoms with E-state index in [-0.39, 0.29) is 11.4 Å². The summed E-state index contributed by atoms with van der Waals surface area (Å²) in [5.74, 6) is -0.781. The molecule has 1 aromatic rings. The maximum Gasteiger partial charge on any atom is 0.278 e. The first kappa shape index (κ1) is 9.98. The number of rotatable bonds is 2. The van der Waals surface area contributed by atoms with Crippen LogP contribution in [0.2, 0.25) is 0 Å². The Morgan fingerprint density at radius 2 is 2.23 bits per heavy atom. The number of hydrogen-bond donors (Lipinski definition) is 2. The van der Waals surface area contributed by atoms with Crippen LogP contribution < -0.4 is 5.56 Å². The van der Waals surface area contributed by atoms with Crippen molar-refractivity contribution in [1.29, 1.82) is 0 Å². The van der Waals surface area contributed by atoms with Crippen LogP contribution in [0.1, 0.15) is 17.7 Å². The van der Waals surface area contributed by atoms with Gasteiger partial charge in [0.15, 0.2) is 0 Å². The third-order valence-electron chi connectivity index (χ3n) is 1.51. The number of hydrogen-bond acceptors (Lipinski definition) is 2. The molecule has 0 spiro atoms. The maximum atomic E-state index is 12.2. The average Bonchev–Trinajstić information content (AvgIpc) is 2.02. The Morgan fingerprint density at radius 1 is 1.62 bits per heavy atom. The minimum atomic E-state index is -2.85. The highest BCUT2D eigenvalue weighted by atomic mass is 35.5. The molecule has 13 heavy (non-hydrogen) atoms. The van der Waals surface area contributed by atoms with Crippen molar-refractivity contribution >= 4 is 11.6 Å². The quantitative estimate of drug-likeness (QED) is 0.730. The van der Waals surface area contributed by atoms with Crippen molar-refractivity contribution in [1.82, 2.24) is 4.98 Å². The average molecular weight is 210 g/mol. The summed E-state index contributed by atoms with van der Waals surface area (Å²) in [4.78, 5) is 12.6. The smallest absolute Gasteiger partial charge is 0.278 e. The van der Waals surface area contributed by atoms with Crippen LogP contribution in [0.15, 0.2) is 10.9 Å². The van der Waals surface area contributed by atoms with Crippen molar-refractivity contribution in [3.8, 4) is 5.75 Å². The molecule has 0 aliphatic carbocycles. The molecule has 3 nitrogen and oxygen atoms in total. The number of halogens is 3. The number of H-pyrrole nitrogens is 1. The summed E-state index contributed by atoms with van der Waals surface area (Å²) in [5, 5.41) is 9.08. The Bertz CT molecular complexity index is 364. The lowest BCUT2D eigenvalue weighted by atomic mass is 10.2. The zero-order chi connectivity index (χ0) is 10.0. The third kappa shape index (κ3) is 1.98. The molecule has 0 aliphatic heterocycles. The van der Waals surface area contributed by atoms with E-state index >= 15 is 0 Å². The molecular weight excluding hydrogens is 204 g/mol. The second-order valence-corrected chi connectivity index (χ2v) is 2.61. The largest absolute Gasteiger partial charge is 0.507 e. The normalized spacial score (nSPS) is 10.8. The Kier molecular flexibility index (Phi) is 2.87. The molecule has 0 radical (unpaired) electrons. The molecule has 0 saturated carbocycles. The van der Waals surface area contributed by atoms with E-state index in [1.54, 1.807) is 0 Å². The molecule has 1 rings (SSSR count). The van der Waals surface area contributed by atoms with E-state index in [1.165, 1.54) is 0 Å². The lowest BCUT2D eigenvalue weighted by molar-refractivity contribution is 0.144. The number of pyridine rings is 1. The van der Waals surface area contributed by atoms with Crippen LogP contribution in [-0.2, 0) is 5.88 Å². The Balaban J connectivity index is 3.38. The fourth-order valence-corrected chi connectivity index (χ4v) is 1.20. The summed E-state index contributed by atoms with van der Waals surface area (Å²) in [6.07, 6.45) is -2.85. The Labute approximate surface area is 77.0 Å². The van der Waals surface area contributed by atoms with Gasteiger partial charge in [0.2, 0.25) is 0 Å². The van der Waals surface area contributed by atoms with Crippen LogP contribution in [0.4, 0.5) is 8.78 Å². The molecule has 6 heteroatoms. The topological polar surface area (TPSA) is 53.1 Å². The van der Waals surface area contributed by atoms with E-state index in [2.05, 4.69) is 0 Å². The van der Waals surface area contributed by atoms with Crippen LogP contribution in [0.5, 0.6) is 5.75 Å². The Hall–Kier alpha value is -1.10. The van der Waals surface area contributed by atoms with Crippen LogP contribution in [0.3, 0.4) is 0 Å². The standard InChI is InChI=1S/C7H6ClF2NO2/c8-2-3-4(12)1-5(13)11-6(3)7(9)10/h1,7H,2H2,(H2,11,12,13). The van der Waals surface area contributed by atoms with Gasteiger partial charge in [-0.15, -0.1) is 11.6 Å². The first-order valence-electron chi connectivity index (χ1n) is 3.35. The number of nitrogens with one attached hydrogen (secondary N) is 1.